The normalized spacial score (nSPS) is 16.1. The first kappa shape index (κ1) is 12.0. The second kappa shape index (κ2) is 4.81. The summed E-state index contributed by atoms with van der Waals surface area (Å²) in [5, 5.41) is 3.34. The van der Waals surface area contributed by atoms with E-state index in [1.54, 1.807) is 0 Å². The lowest BCUT2D eigenvalue weighted by Crippen LogP contribution is -2.25. The zero-order valence-electron chi connectivity index (χ0n) is 10.5. The molecule has 1 heterocycles. The maximum Gasteiger partial charge on any atom is 0.127 e. The van der Waals surface area contributed by atoms with Crippen LogP contribution in [-0.2, 0) is 13.0 Å². The fourth-order valence-electron chi connectivity index (χ4n) is 2.20. The van der Waals surface area contributed by atoms with Gasteiger partial charge < -0.3 is 10.1 Å². The van der Waals surface area contributed by atoms with Crippen LogP contribution >= 0.6 is 0 Å². The van der Waals surface area contributed by atoms with Crippen LogP contribution in [0.1, 0.15) is 31.4 Å². The van der Waals surface area contributed by atoms with E-state index in [9.17, 15) is 0 Å². The number of hydrogen-bond donors (Lipinski definition) is 1. The Kier molecular flexibility index (Phi) is 3.40. The van der Waals surface area contributed by atoms with E-state index in [1.165, 1.54) is 11.1 Å². The summed E-state index contributed by atoms with van der Waals surface area (Å²) in [6, 6.07) is 6.36. The van der Waals surface area contributed by atoms with E-state index in [-0.39, 0.29) is 5.60 Å². The highest BCUT2D eigenvalue weighted by Crippen LogP contribution is 2.37. The van der Waals surface area contributed by atoms with Gasteiger partial charge in [-0.3, -0.25) is 0 Å². The molecule has 1 aromatic carbocycles. The second-order valence-electron chi connectivity index (χ2n) is 5.07. The van der Waals surface area contributed by atoms with Gasteiger partial charge in [-0.05, 0) is 19.4 Å². The van der Waals surface area contributed by atoms with Crippen molar-refractivity contribution >= 4 is 0 Å². The first-order valence-electron chi connectivity index (χ1n) is 6.06. The zero-order chi connectivity index (χ0) is 12.3. The maximum atomic E-state index is 6.00. The van der Waals surface area contributed by atoms with Crippen molar-refractivity contribution in [3.8, 4) is 18.1 Å². The minimum Gasteiger partial charge on any atom is -0.487 e. The highest BCUT2D eigenvalue weighted by molar-refractivity contribution is 5.45. The molecule has 0 aliphatic carbocycles. The predicted molar refractivity (Wildman–Crippen MR) is 70.0 cm³/mol. The van der Waals surface area contributed by atoms with E-state index >= 15 is 0 Å². The highest BCUT2D eigenvalue weighted by Gasteiger charge is 2.31. The van der Waals surface area contributed by atoms with Crippen molar-refractivity contribution in [2.45, 2.75) is 38.8 Å². The fourth-order valence-corrected chi connectivity index (χ4v) is 2.20. The number of nitrogens with one attached hydrogen (secondary N) is 1. The smallest absolute Gasteiger partial charge is 0.127 e. The molecule has 0 unspecified atom stereocenters. The standard InChI is InChI=1S/C15H19NO/c1-4-5-9-16-11-13-8-6-7-12-10-15(2,3)17-14(12)13/h1,6-8,16H,5,9-11H2,2-3H3. The van der Waals surface area contributed by atoms with Gasteiger partial charge in [0, 0.05) is 31.5 Å². The SMILES string of the molecule is C#CCCNCc1cccc2c1OC(C)(C)C2. The summed E-state index contributed by atoms with van der Waals surface area (Å²) in [6.07, 6.45) is 6.97. The zero-order valence-corrected chi connectivity index (χ0v) is 10.5. The third-order valence-electron chi connectivity index (χ3n) is 2.93. The average Bonchev–Trinajstić information content (AvgIpc) is 2.59. The van der Waals surface area contributed by atoms with Crippen LogP contribution in [0.2, 0.25) is 0 Å². The Labute approximate surface area is 103 Å². The van der Waals surface area contributed by atoms with Gasteiger partial charge in [0.05, 0.1) is 0 Å². The van der Waals surface area contributed by atoms with Gasteiger partial charge in [0.25, 0.3) is 0 Å². The third-order valence-corrected chi connectivity index (χ3v) is 2.93. The number of para-hydroxylation sites is 1. The summed E-state index contributed by atoms with van der Waals surface area (Å²) < 4.78 is 6.00. The second-order valence-corrected chi connectivity index (χ2v) is 5.07. The van der Waals surface area contributed by atoms with Gasteiger partial charge in [-0.15, -0.1) is 12.3 Å². The molecule has 17 heavy (non-hydrogen) atoms. The molecule has 0 saturated heterocycles. The van der Waals surface area contributed by atoms with Crippen LogP contribution in [0.15, 0.2) is 18.2 Å². The van der Waals surface area contributed by atoms with Crippen LogP contribution in [0.3, 0.4) is 0 Å². The molecular formula is C15H19NO. The van der Waals surface area contributed by atoms with Crippen molar-refractivity contribution in [3.63, 3.8) is 0 Å². The number of terminal acetylenes is 1. The largest absolute Gasteiger partial charge is 0.487 e. The quantitative estimate of drug-likeness (QED) is 0.632. The molecule has 0 atom stereocenters. The van der Waals surface area contributed by atoms with E-state index in [4.69, 9.17) is 11.2 Å². The molecule has 1 aromatic rings. The molecule has 2 nitrogen and oxygen atoms in total. The van der Waals surface area contributed by atoms with E-state index in [0.717, 1.165) is 31.7 Å². The fraction of sp³-hybridized carbons (Fsp3) is 0.467. The number of ether oxygens (including phenoxy) is 1. The molecule has 0 spiro atoms. The van der Waals surface area contributed by atoms with E-state index in [0.29, 0.717) is 0 Å². The Balaban J connectivity index is 2.06. The topological polar surface area (TPSA) is 21.3 Å². The van der Waals surface area contributed by atoms with Crippen LogP contribution < -0.4 is 10.1 Å². The Morgan fingerprint density at radius 1 is 1.47 bits per heavy atom. The van der Waals surface area contributed by atoms with E-state index in [1.807, 2.05) is 0 Å². The van der Waals surface area contributed by atoms with E-state index < -0.39 is 0 Å². The molecule has 1 N–H and O–H groups in total. The van der Waals surface area contributed by atoms with Crippen LogP contribution in [0.4, 0.5) is 0 Å². The lowest BCUT2D eigenvalue weighted by Gasteiger charge is -2.18. The molecule has 0 bridgehead atoms. The maximum absolute atomic E-state index is 6.00. The molecule has 2 rings (SSSR count). The molecule has 2 heteroatoms. The molecule has 1 aliphatic rings. The Hall–Kier alpha value is -1.46. The summed E-state index contributed by atoms with van der Waals surface area (Å²) in [5.41, 5.74) is 2.47. The number of fused-ring (bicyclic) bond motifs is 1. The lowest BCUT2D eigenvalue weighted by molar-refractivity contribution is 0.137. The Morgan fingerprint density at radius 3 is 3.06 bits per heavy atom. The van der Waals surface area contributed by atoms with E-state index in [2.05, 4.69) is 43.3 Å². The number of rotatable bonds is 4. The van der Waals surface area contributed by atoms with Crippen molar-refractivity contribution in [2.24, 2.45) is 0 Å². The van der Waals surface area contributed by atoms with Gasteiger partial charge in [-0.25, -0.2) is 0 Å². The molecule has 0 aromatic heterocycles. The van der Waals surface area contributed by atoms with Gasteiger partial charge in [0.1, 0.15) is 11.4 Å². The van der Waals surface area contributed by atoms with Crippen molar-refractivity contribution in [1.82, 2.24) is 5.32 Å². The van der Waals surface area contributed by atoms with Crippen LogP contribution in [0.25, 0.3) is 0 Å². The Morgan fingerprint density at radius 2 is 2.29 bits per heavy atom. The molecule has 90 valence electrons. The predicted octanol–water partition coefficient (Wildman–Crippen LogP) is 2.51. The van der Waals surface area contributed by atoms with Crippen LogP contribution in [0, 0.1) is 12.3 Å². The van der Waals surface area contributed by atoms with Gasteiger partial charge in [0.15, 0.2) is 0 Å². The van der Waals surface area contributed by atoms with Crippen molar-refractivity contribution in [3.05, 3.63) is 29.3 Å². The van der Waals surface area contributed by atoms with Gasteiger partial charge in [0.2, 0.25) is 0 Å². The molecule has 0 radical (unpaired) electrons. The van der Waals surface area contributed by atoms with Crippen LogP contribution in [-0.4, -0.2) is 12.1 Å². The van der Waals surface area contributed by atoms with Crippen molar-refractivity contribution in [1.29, 1.82) is 0 Å². The monoisotopic (exact) mass is 229 g/mol. The third kappa shape index (κ3) is 2.81. The van der Waals surface area contributed by atoms with Gasteiger partial charge >= 0.3 is 0 Å². The van der Waals surface area contributed by atoms with Crippen molar-refractivity contribution < 1.29 is 4.74 Å². The average molecular weight is 229 g/mol. The summed E-state index contributed by atoms with van der Waals surface area (Å²) >= 11 is 0. The number of hydrogen-bond acceptors (Lipinski definition) is 2. The van der Waals surface area contributed by atoms with Gasteiger partial charge in [-0.2, -0.15) is 0 Å². The highest BCUT2D eigenvalue weighted by atomic mass is 16.5. The van der Waals surface area contributed by atoms with Crippen molar-refractivity contribution in [2.75, 3.05) is 6.54 Å². The Bertz CT molecular complexity index is 443. The lowest BCUT2D eigenvalue weighted by atomic mass is 10.0. The van der Waals surface area contributed by atoms with Gasteiger partial charge in [-0.1, -0.05) is 18.2 Å². The first-order chi connectivity index (χ1) is 8.12. The molecular weight excluding hydrogens is 210 g/mol. The summed E-state index contributed by atoms with van der Waals surface area (Å²) in [5.74, 6) is 3.69. The number of benzene rings is 1. The summed E-state index contributed by atoms with van der Waals surface area (Å²) in [7, 11) is 0. The van der Waals surface area contributed by atoms with Crippen LogP contribution in [0.5, 0.6) is 5.75 Å². The summed E-state index contributed by atoms with van der Waals surface area (Å²) in [6.45, 7) is 5.93. The summed E-state index contributed by atoms with van der Waals surface area (Å²) in [4.78, 5) is 0. The molecule has 0 amide bonds. The first-order valence-corrected chi connectivity index (χ1v) is 6.06. The minimum atomic E-state index is -0.0722. The minimum absolute atomic E-state index is 0.0722. The molecule has 0 fully saturated rings. The molecule has 0 saturated carbocycles. The molecule has 1 aliphatic heterocycles.